The van der Waals surface area contributed by atoms with Crippen LogP contribution in [0.15, 0.2) is 170 Å². The van der Waals surface area contributed by atoms with Gasteiger partial charge in [-0.1, -0.05) is 135 Å². The molecule has 2 aromatic rings. The van der Waals surface area contributed by atoms with Gasteiger partial charge in [0, 0.05) is 5.69 Å². The van der Waals surface area contributed by atoms with Gasteiger partial charge in [0.05, 0.1) is 5.57 Å². The molecule has 0 bridgehead atoms. The summed E-state index contributed by atoms with van der Waals surface area (Å²) < 4.78 is 13.1. The van der Waals surface area contributed by atoms with Gasteiger partial charge in [-0.3, -0.25) is 0 Å². The molecule has 0 aromatic heterocycles. The molecule has 2 heterocycles. The smallest absolute Gasteiger partial charge is 0.204 e. The van der Waals surface area contributed by atoms with Crippen molar-refractivity contribution in [2.75, 3.05) is 4.90 Å². The molecule has 3 unspecified atom stereocenters. The molecule has 0 N–H and O–H groups in total. The molecule has 1 saturated heterocycles. The van der Waals surface area contributed by atoms with Crippen molar-refractivity contribution in [3.05, 3.63) is 181 Å². The highest BCUT2D eigenvalue weighted by molar-refractivity contribution is 5.64. The van der Waals surface area contributed by atoms with Crippen molar-refractivity contribution >= 4 is 5.69 Å². The average Bonchev–Trinajstić information content (AvgIpc) is 3.59. The van der Waals surface area contributed by atoms with Crippen LogP contribution in [0.3, 0.4) is 0 Å². The van der Waals surface area contributed by atoms with Crippen molar-refractivity contribution in [1.29, 1.82) is 0 Å². The monoisotopic (exact) mass is 643 g/mol. The Bertz CT molecular complexity index is 1610. The molecule has 0 radical (unpaired) electrons. The molecule has 254 valence electrons. The highest BCUT2D eigenvalue weighted by atomic mass is 16.5. The zero-order chi connectivity index (χ0) is 35.9. The molecule has 3 nitrogen and oxygen atoms in total. The van der Waals surface area contributed by atoms with Gasteiger partial charge in [-0.2, -0.15) is 0 Å². The molecule has 0 aliphatic carbocycles. The van der Waals surface area contributed by atoms with Gasteiger partial charge in [0.1, 0.15) is 22.8 Å². The van der Waals surface area contributed by atoms with E-state index in [-0.39, 0.29) is 5.54 Å². The summed E-state index contributed by atoms with van der Waals surface area (Å²) in [6.45, 7) is 34.3. The van der Waals surface area contributed by atoms with Gasteiger partial charge < -0.3 is 14.4 Å². The number of aryl methyl sites for hydroxylation is 1. The molecule has 2 aliphatic heterocycles. The molecule has 0 saturated carbocycles. The number of para-hydroxylation sites is 1. The lowest BCUT2D eigenvalue weighted by Crippen LogP contribution is -2.31. The fraction of sp³-hybridized carbons (Fsp3) is 0.289. The van der Waals surface area contributed by atoms with E-state index in [4.69, 9.17) is 9.47 Å². The SMILES string of the molecule is C=C/C(C)=C\C=C/C.C=C/C=C1/C(=C)Oc2ccccc2CC(C)C2(C)N(c3ccc(C)cc3)C2(C)O/C1=C/C.C=C/C=C\C(C)=C/C. The molecule has 4 rings (SSSR count). The second-order valence-electron chi connectivity index (χ2n) is 12.4. The first-order valence-electron chi connectivity index (χ1n) is 16.7. The number of allylic oxidation sites excluding steroid dienone is 13. The van der Waals surface area contributed by atoms with Crippen LogP contribution < -0.4 is 9.64 Å². The molecule has 3 atom stereocenters. The first-order valence-corrected chi connectivity index (χ1v) is 16.7. The van der Waals surface area contributed by atoms with Crippen LogP contribution in [0.25, 0.3) is 0 Å². The van der Waals surface area contributed by atoms with E-state index in [1.807, 2.05) is 88.4 Å². The van der Waals surface area contributed by atoms with E-state index in [0.717, 1.165) is 29.2 Å². The van der Waals surface area contributed by atoms with Gasteiger partial charge >= 0.3 is 0 Å². The normalized spacial score (nSPS) is 24.1. The van der Waals surface area contributed by atoms with Crippen LogP contribution in [0.2, 0.25) is 0 Å². The van der Waals surface area contributed by atoms with Crippen molar-refractivity contribution in [3.8, 4) is 5.75 Å². The summed E-state index contributed by atoms with van der Waals surface area (Å²) in [6, 6.07) is 16.9. The third-order valence-electron chi connectivity index (χ3n) is 9.01. The molecule has 1 fully saturated rings. The fourth-order valence-electron chi connectivity index (χ4n) is 5.68. The number of benzene rings is 2. The number of anilines is 1. The fourth-order valence-corrected chi connectivity index (χ4v) is 5.68. The lowest BCUT2D eigenvalue weighted by Gasteiger charge is -2.23. The van der Waals surface area contributed by atoms with Gasteiger partial charge in [-0.25, -0.2) is 0 Å². The van der Waals surface area contributed by atoms with E-state index < -0.39 is 5.72 Å². The molecule has 0 spiro atoms. The Hall–Kier alpha value is -4.76. The van der Waals surface area contributed by atoms with E-state index in [1.54, 1.807) is 12.2 Å². The molecule has 2 aliphatic rings. The van der Waals surface area contributed by atoms with E-state index in [9.17, 15) is 0 Å². The van der Waals surface area contributed by atoms with Crippen LogP contribution in [0.1, 0.15) is 66.5 Å². The van der Waals surface area contributed by atoms with E-state index >= 15 is 0 Å². The maximum absolute atomic E-state index is 6.83. The number of ether oxygens (including phenoxy) is 2. The van der Waals surface area contributed by atoms with Crippen molar-refractivity contribution < 1.29 is 9.47 Å². The van der Waals surface area contributed by atoms with E-state index in [0.29, 0.717) is 11.7 Å². The third kappa shape index (κ3) is 9.64. The first kappa shape index (κ1) is 39.4. The zero-order valence-corrected chi connectivity index (χ0v) is 30.8. The summed E-state index contributed by atoms with van der Waals surface area (Å²) in [5, 5.41) is 0. The minimum atomic E-state index is -0.524. The minimum Gasteiger partial charge on any atom is -0.465 e. The number of hydrogen-bond acceptors (Lipinski definition) is 3. The van der Waals surface area contributed by atoms with Crippen molar-refractivity contribution in [3.63, 3.8) is 0 Å². The molecule has 2 aromatic carbocycles. The maximum Gasteiger partial charge on any atom is 0.204 e. The van der Waals surface area contributed by atoms with Crippen LogP contribution >= 0.6 is 0 Å². The predicted octanol–water partition coefficient (Wildman–Crippen LogP) is 12.5. The summed E-state index contributed by atoms with van der Waals surface area (Å²) in [5.74, 6) is 2.43. The highest BCUT2D eigenvalue weighted by Gasteiger charge is 2.74. The highest BCUT2D eigenvalue weighted by Crippen LogP contribution is 2.61. The largest absolute Gasteiger partial charge is 0.465 e. The summed E-state index contributed by atoms with van der Waals surface area (Å²) >= 11 is 0. The second kappa shape index (κ2) is 18.5. The Balaban J connectivity index is 0.000000414. The quantitative estimate of drug-likeness (QED) is 0.231. The number of fused-ring (bicyclic) bond motifs is 2. The van der Waals surface area contributed by atoms with Gasteiger partial charge in [-0.05, 0) is 104 Å². The second-order valence-corrected chi connectivity index (χ2v) is 12.4. The lowest BCUT2D eigenvalue weighted by molar-refractivity contribution is 0.0844. The Morgan fingerprint density at radius 1 is 0.917 bits per heavy atom. The topological polar surface area (TPSA) is 21.5 Å². The molecule has 48 heavy (non-hydrogen) atoms. The Morgan fingerprint density at radius 3 is 2.15 bits per heavy atom. The number of rotatable bonds is 6. The molecule has 3 heteroatoms. The third-order valence-corrected chi connectivity index (χ3v) is 9.01. The van der Waals surface area contributed by atoms with Gasteiger partial charge in [0.25, 0.3) is 0 Å². The molecular weight excluding hydrogens is 587 g/mol. The average molecular weight is 644 g/mol. The Morgan fingerprint density at radius 2 is 1.58 bits per heavy atom. The van der Waals surface area contributed by atoms with Crippen LogP contribution in [0.4, 0.5) is 5.69 Å². The van der Waals surface area contributed by atoms with Crippen LogP contribution in [-0.2, 0) is 11.2 Å². The first-order chi connectivity index (χ1) is 22.9. The standard InChI is InChI=1S/C29H33NO2.2C8H12/c1-8-12-25-22(5)31-27-14-11-10-13-23(27)19-21(4)28(6)29(7,32-26(25)9-2)30(28)24-17-15-20(3)16-18-24;2*1-4-6-7-8(3)5-2/h8-18,21H,1,5,19H2,2-4,6-7H3;4-7H,2H2,1,3H3;4-7H,1H2,2-3H3/b25-12-,26-9+;6-4-,8-7-;7-6-,8-5-. The van der Waals surface area contributed by atoms with E-state index in [2.05, 4.69) is 108 Å². The van der Waals surface area contributed by atoms with Crippen molar-refractivity contribution in [2.45, 2.75) is 80.0 Å². The van der Waals surface area contributed by atoms with Crippen molar-refractivity contribution in [2.24, 2.45) is 5.92 Å². The van der Waals surface area contributed by atoms with Crippen LogP contribution in [-0.4, -0.2) is 11.3 Å². The number of nitrogens with zero attached hydrogens (tertiary/aromatic N) is 1. The minimum absolute atomic E-state index is 0.214. The Labute approximate surface area is 292 Å². The zero-order valence-electron chi connectivity index (χ0n) is 30.8. The molecular formula is C45H57NO2. The predicted molar refractivity (Wildman–Crippen MR) is 210 cm³/mol. The summed E-state index contributed by atoms with van der Waals surface area (Å²) in [6.07, 6.45) is 22.1. The number of hydrogen-bond donors (Lipinski definition) is 0. The Kier molecular flexibility index (Phi) is 15.2. The molecule has 0 amide bonds. The van der Waals surface area contributed by atoms with Crippen LogP contribution in [0, 0.1) is 12.8 Å². The van der Waals surface area contributed by atoms with Gasteiger partial charge in [0.2, 0.25) is 5.72 Å². The van der Waals surface area contributed by atoms with Crippen LogP contribution in [0.5, 0.6) is 5.75 Å². The van der Waals surface area contributed by atoms with Gasteiger partial charge in [0.15, 0.2) is 0 Å². The summed E-state index contributed by atoms with van der Waals surface area (Å²) in [7, 11) is 0. The maximum atomic E-state index is 6.83. The lowest BCUT2D eigenvalue weighted by atomic mass is 9.85. The van der Waals surface area contributed by atoms with Gasteiger partial charge in [-0.15, -0.1) is 0 Å². The summed E-state index contributed by atoms with van der Waals surface area (Å²) in [4.78, 5) is 2.41. The van der Waals surface area contributed by atoms with E-state index in [1.165, 1.54) is 22.3 Å². The summed E-state index contributed by atoms with van der Waals surface area (Å²) in [5.41, 5.74) is 6.10. The van der Waals surface area contributed by atoms with Crippen molar-refractivity contribution in [1.82, 2.24) is 0 Å².